The molecule has 0 saturated carbocycles. The number of rotatable bonds is 8. The highest BCUT2D eigenvalue weighted by molar-refractivity contribution is 7.99. The fourth-order valence-corrected chi connectivity index (χ4v) is 3.17. The van der Waals surface area contributed by atoms with Gasteiger partial charge in [0.2, 0.25) is 5.91 Å². The average Bonchev–Trinajstić information content (AvgIpc) is 2.61. The van der Waals surface area contributed by atoms with Crippen molar-refractivity contribution in [2.75, 3.05) is 19.4 Å². The quantitative estimate of drug-likeness (QED) is 0.734. The minimum atomic E-state index is -0.895. The first-order valence-electron chi connectivity index (χ1n) is 7.80. The third-order valence-corrected chi connectivity index (χ3v) is 4.87. The molecule has 1 atom stereocenters. The van der Waals surface area contributed by atoms with E-state index < -0.39 is 5.60 Å². The molecule has 0 unspecified atom stereocenters. The third kappa shape index (κ3) is 5.08. The van der Waals surface area contributed by atoms with Gasteiger partial charge >= 0.3 is 0 Å². The van der Waals surface area contributed by atoms with Gasteiger partial charge in [-0.1, -0.05) is 36.4 Å². The molecule has 0 aliphatic carbocycles. The van der Waals surface area contributed by atoms with Crippen molar-refractivity contribution in [1.82, 2.24) is 5.32 Å². The fourth-order valence-electron chi connectivity index (χ4n) is 2.30. The Labute approximate surface area is 146 Å². The van der Waals surface area contributed by atoms with Gasteiger partial charge in [-0.15, -0.1) is 11.8 Å². The number of halogens is 1. The number of amides is 1. The van der Waals surface area contributed by atoms with Crippen LogP contribution >= 0.6 is 11.8 Å². The highest BCUT2D eigenvalue weighted by Gasteiger charge is 2.29. The van der Waals surface area contributed by atoms with E-state index in [9.17, 15) is 9.18 Å². The highest BCUT2D eigenvalue weighted by atomic mass is 32.2. The van der Waals surface area contributed by atoms with Gasteiger partial charge < -0.3 is 10.1 Å². The summed E-state index contributed by atoms with van der Waals surface area (Å²) in [6, 6.07) is 16.4. The molecule has 3 nitrogen and oxygen atoms in total. The highest BCUT2D eigenvalue weighted by Crippen LogP contribution is 2.26. The van der Waals surface area contributed by atoms with E-state index in [0.29, 0.717) is 17.7 Å². The predicted octanol–water partition coefficient (Wildman–Crippen LogP) is 3.99. The monoisotopic (exact) mass is 347 g/mol. The molecular formula is C19H22FNO2S. The van der Waals surface area contributed by atoms with Gasteiger partial charge in [0.15, 0.2) is 0 Å². The molecule has 24 heavy (non-hydrogen) atoms. The van der Waals surface area contributed by atoms with Gasteiger partial charge in [-0.2, -0.15) is 0 Å². The lowest BCUT2D eigenvalue weighted by Crippen LogP contribution is -2.40. The van der Waals surface area contributed by atoms with Crippen molar-refractivity contribution >= 4 is 17.7 Å². The number of carbonyl (C=O) groups excluding carboxylic acids is 1. The van der Waals surface area contributed by atoms with Crippen LogP contribution in [-0.2, 0) is 15.1 Å². The SMILES string of the molecule is CO[C@@](C)(CNC(=O)CCSc1ccccc1)c1ccccc1F. The Morgan fingerprint density at radius 2 is 1.83 bits per heavy atom. The van der Waals surface area contributed by atoms with Crippen LogP contribution in [0.1, 0.15) is 18.9 Å². The van der Waals surface area contributed by atoms with Crippen LogP contribution in [0.15, 0.2) is 59.5 Å². The lowest BCUT2D eigenvalue weighted by Gasteiger charge is -2.29. The Hall–Kier alpha value is -1.85. The number of ether oxygens (including phenoxy) is 1. The molecule has 2 rings (SSSR count). The minimum Gasteiger partial charge on any atom is -0.372 e. The van der Waals surface area contributed by atoms with Gasteiger partial charge in [-0.05, 0) is 25.1 Å². The zero-order valence-electron chi connectivity index (χ0n) is 13.9. The lowest BCUT2D eigenvalue weighted by atomic mass is 9.95. The molecule has 0 aliphatic heterocycles. The molecule has 0 radical (unpaired) electrons. The molecule has 2 aromatic rings. The average molecular weight is 347 g/mol. The molecule has 5 heteroatoms. The van der Waals surface area contributed by atoms with E-state index in [0.717, 1.165) is 4.90 Å². The molecule has 0 aromatic heterocycles. The minimum absolute atomic E-state index is 0.0713. The van der Waals surface area contributed by atoms with Crippen LogP contribution in [0.3, 0.4) is 0 Å². The number of nitrogens with one attached hydrogen (secondary N) is 1. The van der Waals surface area contributed by atoms with Crippen LogP contribution in [-0.4, -0.2) is 25.3 Å². The number of hydrogen-bond acceptors (Lipinski definition) is 3. The molecule has 0 saturated heterocycles. The zero-order chi connectivity index (χ0) is 17.4. The molecule has 128 valence electrons. The van der Waals surface area contributed by atoms with E-state index >= 15 is 0 Å². The van der Waals surface area contributed by atoms with Crippen LogP contribution in [0.4, 0.5) is 4.39 Å². The predicted molar refractivity (Wildman–Crippen MR) is 95.6 cm³/mol. The maximum absolute atomic E-state index is 14.0. The van der Waals surface area contributed by atoms with Crippen LogP contribution in [0.25, 0.3) is 0 Å². The molecule has 0 fully saturated rings. The maximum atomic E-state index is 14.0. The number of carbonyl (C=O) groups is 1. The molecular weight excluding hydrogens is 325 g/mol. The summed E-state index contributed by atoms with van der Waals surface area (Å²) in [7, 11) is 1.52. The Balaban J connectivity index is 1.84. The Morgan fingerprint density at radius 1 is 1.17 bits per heavy atom. The lowest BCUT2D eigenvalue weighted by molar-refractivity contribution is -0.122. The summed E-state index contributed by atoms with van der Waals surface area (Å²) in [4.78, 5) is 13.2. The largest absolute Gasteiger partial charge is 0.372 e. The van der Waals surface area contributed by atoms with E-state index in [-0.39, 0.29) is 18.3 Å². The van der Waals surface area contributed by atoms with Crippen molar-refractivity contribution in [2.45, 2.75) is 23.8 Å². The molecule has 0 heterocycles. The van der Waals surface area contributed by atoms with Crippen molar-refractivity contribution < 1.29 is 13.9 Å². The van der Waals surface area contributed by atoms with E-state index in [4.69, 9.17) is 4.74 Å². The Kier molecular flexibility index (Phi) is 6.82. The van der Waals surface area contributed by atoms with Crippen LogP contribution < -0.4 is 5.32 Å². The Bertz CT molecular complexity index is 665. The number of hydrogen-bond donors (Lipinski definition) is 1. The number of thioether (sulfide) groups is 1. The standard InChI is InChI=1S/C19H22FNO2S/c1-19(23-2,16-10-6-7-11-17(16)20)14-21-18(22)12-13-24-15-8-4-3-5-9-15/h3-11H,12-14H2,1-2H3,(H,21,22)/t19-/m0/s1. The van der Waals surface area contributed by atoms with Crippen molar-refractivity contribution in [1.29, 1.82) is 0 Å². The topological polar surface area (TPSA) is 38.3 Å². The molecule has 0 aliphatic rings. The summed E-state index contributed by atoms with van der Waals surface area (Å²) < 4.78 is 19.5. The second-order valence-electron chi connectivity index (χ2n) is 5.60. The van der Waals surface area contributed by atoms with Crippen LogP contribution in [0.2, 0.25) is 0 Å². The zero-order valence-corrected chi connectivity index (χ0v) is 14.7. The van der Waals surface area contributed by atoms with E-state index in [2.05, 4.69) is 5.32 Å². The summed E-state index contributed by atoms with van der Waals surface area (Å²) in [5.41, 5.74) is -0.459. The summed E-state index contributed by atoms with van der Waals surface area (Å²) in [6.07, 6.45) is 0.399. The van der Waals surface area contributed by atoms with Gasteiger partial charge in [0.05, 0.1) is 6.54 Å². The molecule has 0 bridgehead atoms. The number of methoxy groups -OCH3 is 1. The van der Waals surface area contributed by atoms with E-state index in [1.54, 1.807) is 36.9 Å². The van der Waals surface area contributed by atoms with Gasteiger partial charge in [0.1, 0.15) is 11.4 Å². The first-order chi connectivity index (χ1) is 11.5. The molecule has 1 N–H and O–H groups in total. The smallest absolute Gasteiger partial charge is 0.220 e. The molecule has 1 amide bonds. The van der Waals surface area contributed by atoms with Gasteiger partial charge in [0, 0.05) is 29.7 Å². The van der Waals surface area contributed by atoms with Crippen molar-refractivity contribution in [3.63, 3.8) is 0 Å². The van der Waals surface area contributed by atoms with Crippen molar-refractivity contribution in [3.8, 4) is 0 Å². The third-order valence-electron chi connectivity index (χ3n) is 3.86. The Morgan fingerprint density at radius 3 is 2.50 bits per heavy atom. The summed E-state index contributed by atoms with van der Waals surface area (Å²) in [5.74, 6) is 0.285. The molecule has 0 spiro atoms. The first kappa shape index (κ1) is 18.5. The van der Waals surface area contributed by atoms with E-state index in [1.807, 2.05) is 30.3 Å². The van der Waals surface area contributed by atoms with Crippen LogP contribution in [0, 0.1) is 5.82 Å². The first-order valence-corrected chi connectivity index (χ1v) is 8.78. The van der Waals surface area contributed by atoms with Gasteiger partial charge in [-0.25, -0.2) is 4.39 Å². The van der Waals surface area contributed by atoms with E-state index in [1.165, 1.54) is 13.2 Å². The van der Waals surface area contributed by atoms with Gasteiger partial charge in [-0.3, -0.25) is 4.79 Å². The van der Waals surface area contributed by atoms with Crippen LogP contribution in [0.5, 0.6) is 0 Å². The maximum Gasteiger partial charge on any atom is 0.220 e. The molecule has 2 aromatic carbocycles. The second kappa shape index (κ2) is 8.85. The van der Waals surface area contributed by atoms with Crippen molar-refractivity contribution in [2.24, 2.45) is 0 Å². The number of benzene rings is 2. The summed E-state index contributed by atoms with van der Waals surface area (Å²) >= 11 is 1.63. The van der Waals surface area contributed by atoms with Gasteiger partial charge in [0.25, 0.3) is 0 Å². The fraction of sp³-hybridized carbons (Fsp3) is 0.316. The van der Waals surface area contributed by atoms with Crippen molar-refractivity contribution in [3.05, 3.63) is 66.0 Å². The normalized spacial score (nSPS) is 13.3. The summed E-state index contributed by atoms with van der Waals surface area (Å²) in [5, 5.41) is 2.84. The summed E-state index contributed by atoms with van der Waals surface area (Å²) in [6.45, 7) is 1.99. The second-order valence-corrected chi connectivity index (χ2v) is 6.77.